The molecule has 1 unspecified atom stereocenters. The molecule has 0 radical (unpaired) electrons. The molecule has 18 heavy (non-hydrogen) atoms. The van der Waals surface area contributed by atoms with Crippen LogP contribution in [0.15, 0.2) is 18.2 Å². The predicted octanol–water partition coefficient (Wildman–Crippen LogP) is 1.84. The molecule has 1 atom stereocenters. The van der Waals surface area contributed by atoms with Gasteiger partial charge in [0.25, 0.3) is 0 Å². The van der Waals surface area contributed by atoms with E-state index in [9.17, 15) is 4.79 Å². The van der Waals surface area contributed by atoms with E-state index < -0.39 is 5.41 Å². The van der Waals surface area contributed by atoms with Gasteiger partial charge in [0.05, 0.1) is 17.5 Å². The molecule has 0 saturated heterocycles. The summed E-state index contributed by atoms with van der Waals surface area (Å²) in [5.41, 5.74) is 1.49. The molecule has 1 aliphatic heterocycles. The number of fused-ring (bicyclic) bond motifs is 1. The summed E-state index contributed by atoms with van der Waals surface area (Å²) in [6, 6.07) is 5.74. The molecule has 1 amide bonds. The summed E-state index contributed by atoms with van der Waals surface area (Å²) in [5.74, 6) is 0.737. The molecule has 2 rings (SSSR count). The number of benzene rings is 1. The van der Waals surface area contributed by atoms with Crippen LogP contribution in [-0.2, 0) is 10.2 Å². The number of hydrogen-bond acceptors (Lipinski definition) is 3. The number of thiocarbonyl (C=S) groups is 1. The highest BCUT2D eigenvalue weighted by molar-refractivity contribution is 7.80. The van der Waals surface area contributed by atoms with Crippen molar-refractivity contribution in [1.29, 1.82) is 0 Å². The highest BCUT2D eigenvalue weighted by atomic mass is 32.1. The minimum atomic E-state index is -0.473. The Morgan fingerprint density at radius 3 is 2.89 bits per heavy atom. The van der Waals surface area contributed by atoms with Gasteiger partial charge in [-0.15, -0.1) is 0 Å². The van der Waals surface area contributed by atoms with Gasteiger partial charge < -0.3 is 15.4 Å². The summed E-state index contributed by atoms with van der Waals surface area (Å²) in [6.45, 7) is 1.98. The number of carbonyl (C=O) groups is 1. The van der Waals surface area contributed by atoms with Crippen molar-refractivity contribution in [2.24, 2.45) is 0 Å². The Bertz CT molecular complexity index is 516. The molecule has 0 bridgehead atoms. The summed E-state index contributed by atoms with van der Waals surface area (Å²) >= 11 is 5.37. The van der Waals surface area contributed by atoms with Crippen molar-refractivity contribution >= 4 is 28.8 Å². The quantitative estimate of drug-likeness (QED) is 0.818. The molecule has 0 aromatic heterocycles. The fourth-order valence-corrected chi connectivity index (χ4v) is 2.48. The molecule has 1 aromatic rings. The van der Waals surface area contributed by atoms with Crippen molar-refractivity contribution in [3.63, 3.8) is 0 Å². The molecular weight excluding hydrogens is 248 g/mol. The first-order chi connectivity index (χ1) is 8.51. The second kappa shape index (κ2) is 4.57. The fraction of sp³-hybridized carbons (Fsp3) is 0.385. The van der Waals surface area contributed by atoms with Crippen molar-refractivity contribution in [2.45, 2.75) is 18.8 Å². The highest BCUT2D eigenvalue weighted by Gasteiger charge is 2.41. The second-order valence-electron chi connectivity index (χ2n) is 4.55. The van der Waals surface area contributed by atoms with Gasteiger partial charge in [-0.05, 0) is 30.7 Å². The van der Waals surface area contributed by atoms with Crippen LogP contribution in [0.5, 0.6) is 5.75 Å². The zero-order chi connectivity index (χ0) is 13.3. The first kappa shape index (κ1) is 12.8. The largest absolute Gasteiger partial charge is 0.497 e. The molecule has 0 spiro atoms. The standard InChI is InChI=1S/C13H16N2O2S/c1-13(7-11(16)14-2)9-6-8(17-3)4-5-10(9)15-12(13)18/h4-6H,7H2,1-3H3,(H,14,16)(H,15,18). The lowest BCUT2D eigenvalue weighted by Crippen LogP contribution is -2.35. The lowest BCUT2D eigenvalue weighted by atomic mass is 9.81. The van der Waals surface area contributed by atoms with Crippen LogP contribution < -0.4 is 15.4 Å². The number of carbonyl (C=O) groups excluding carboxylic acids is 1. The first-order valence-electron chi connectivity index (χ1n) is 5.72. The van der Waals surface area contributed by atoms with Crippen molar-refractivity contribution in [3.05, 3.63) is 23.8 Å². The van der Waals surface area contributed by atoms with Crippen LogP contribution in [-0.4, -0.2) is 25.1 Å². The number of hydrogen-bond donors (Lipinski definition) is 2. The first-order valence-corrected chi connectivity index (χ1v) is 6.12. The van der Waals surface area contributed by atoms with E-state index in [0.717, 1.165) is 17.0 Å². The Hall–Kier alpha value is -1.62. The number of ether oxygens (including phenoxy) is 1. The lowest BCUT2D eigenvalue weighted by Gasteiger charge is -2.23. The van der Waals surface area contributed by atoms with E-state index in [2.05, 4.69) is 10.6 Å². The zero-order valence-corrected chi connectivity index (χ0v) is 11.5. The molecule has 2 N–H and O–H groups in total. The van der Waals surface area contributed by atoms with Crippen molar-refractivity contribution in [3.8, 4) is 5.75 Å². The summed E-state index contributed by atoms with van der Waals surface area (Å²) in [5, 5.41) is 5.80. The van der Waals surface area contributed by atoms with Crippen LogP contribution in [0.4, 0.5) is 5.69 Å². The number of amides is 1. The number of anilines is 1. The molecule has 4 nitrogen and oxygen atoms in total. The second-order valence-corrected chi connectivity index (χ2v) is 4.96. The van der Waals surface area contributed by atoms with E-state index >= 15 is 0 Å². The Kier molecular flexibility index (Phi) is 3.26. The van der Waals surface area contributed by atoms with E-state index in [1.807, 2.05) is 25.1 Å². The molecule has 0 saturated carbocycles. The maximum Gasteiger partial charge on any atom is 0.221 e. The normalized spacial score (nSPS) is 21.2. The van der Waals surface area contributed by atoms with Gasteiger partial charge in [0.1, 0.15) is 5.75 Å². The van der Waals surface area contributed by atoms with Gasteiger partial charge in [0, 0.05) is 19.2 Å². The smallest absolute Gasteiger partial charge is 0.221 e. The van der Waals surface area contributed by atoms with E-state index in [-0.39, 0.29) is 5.91 Å². The number of rotatable bonds is 3. The Morgan fingerprint density at radius 2 is 2.28 bits per heavy atom. The van der Waals surface area contributed by atoms with Gasteiger partial charge in [-0.1, -0.05) is 12.2 Å². The zero-order valence-electron chi connectivity index (χ0n) is 10.7. The monoisotopic (exact) mass is 264 g/mol. The van der Waals surface area contributed by atoms with Crippen LogP contribution in [0, 0.1) is 0 Å². The Morgan fingerprint density at radius 1 is 1.56 bits per heavy atom. The van der Waals surface area contributed by atoms with Crippen molar-refractivity contribution in [2.75, 3.05) is 19.5 Å². The van der Waals surface area contributed by atoms with Crippen LogP contribution in [0.25, 0.3) is 0 Å². The summed E-state index contributed by atoms with van der Waals surface area (Å²) in [7, 11) is 3.25. The molecule has 0 fully saturated rings. The minimum absolute atomic E-state index is 0.0303. The molecule has 1 heterocycles. The van der Waals surface area contributed by atoms with Crippen molar-refractivity contribution < 1.29 is 9.53 Å². The van der Waals surface area contributed by atoms with E-state index in [1.54, 1.807) is 14.2 Å². The molecule has 0 aliphatic carbocycles. The summed E-state index contributed by atoms with van der Waals surface area (Å²) in [4.78, 5) is 12.3. The minimum Gasteiger partial charge on any atom is -0.497 e. The van der Waals surface area contributed by atoms with E-state index in [0.29, 0.717) is 11.4 Å². The van der Waals surface area contributed by atoms with Gasteiger partial charge in [-0.3, -0.25) is 4.79 Å². The average molecular weight is 264 g/mol. The summed E-state index contributed by atoms with van der Waals surface area (Å²) < 4.78 is 5.23. The third kappa shape index (κ3) is 1.95. The molecular formula is C13H16N2O2S. The van der Waals surface area contributed by atoms with Crippen LogP contribution in [0.3, 0.4) is 0 Å². The SMILES string of the molecule is CNC(=O)CC1(C)C(=S)Nc2ccc(OC)cc21. The highest BCUT2D eigenvalue weighted by Crippen LogP contribution is 2.42. The lowest BCUT2D eigenvalue weighted by molar-refractivity contribution is -0.121. The van der Waals surface area contributed by atoms with Gasteiger partial charge >= 0.3 is 0 Å². The molecule has 5 heteroatoms. The van der Waals surface area contributed by atoms with Crippen LogP contribution in [0.1, 0.15) is 18.9 Å². The van der Waals surface area contributed by atoms with Gasteiger partial charge in [0.2, 0.25) is 5.91 Å². The van der Waals surface area contributed by atoms with E-state index in [4.69, 9.17) is 17.0 Å². The predicted molar refractivity (Wildman–Crippen MR) is 75.3 cm³/mol. The Balaban J connectivity index is 2.44. The van der Waals surface area contributed by atoms with Gasteiger partial charge in [0.15, 0.2) is 0 Å². The number of methoxy groups -OCH3 is 1. The van der Waals surface area contributed by atoms with E-state index in [1.165, 1.54) is 0 Å². The molecule has 1 aliphatic rings. The van der Waals surface area contributed by atoms with Gasteiger partial charge in [-0.25, -0.2) is 0 Å². The maximum absolute atomic E-state index is 11.7. The fourth-order valence-electron chi connectivity index (χ4n) is 2.18. The molecule has 96 valence electrons. The van der Waals surface area contributed by atoms with Crippen LogP contribution >= 0.6 is 12.2 Å². The maximum atomic E-state index is 11.7. The third-order valence-corrected chi connectivity index (χ3v) is 3.92. The number of nitrogens with one attached hydrogen (secondary N) is 2. The molecule has 1 aromatic carbocycles. The average Bonchev–Trinajstić information content (AvgIpc) is 2.61. The summed E-state index contributed by atoms with van der Waals surface area (Å²) in [6.07, 6.45) is 0.329. The van der Waals surface area contributed by atoms with Crippen molar-refractivity contribution in [1.82, 2.24) is 5.32 Å². The van der Waals surface area contributed by atoms with Crippen LogP contribution in [0.2, 0.25) is 0 Å². The van der Waals surface area contributed by atoms with Gasteiger partial charge in [-0.2, -0.15) is 0 Å². The third-order valence-electron chi connectivity index (χ3n) is 3.36. The Labute approximate surface area is 112 Å². The topological polar surface area (TPSA) is 50.4 Å².